The van der Waals surface area contributed by atoms with Crippen LogP contribution < -0.4 is 0 Å². The highest BCUT2D eigenvalue weighted by molar-refractivity contribution is 5.02. The van der Waals surface area contributed by atoms with Gasteiger partial charge in [-0.05, 0) is 31.1 Å². The van der Waals surface area contributed by atoms with Crippen LogP contribution in [0.3, 0.4) is 0 Å². The van der Waals surface area contributed by atoms with E-state index in [-0.39, 0.29) is 29.3 Å². The van der Waals surface area contributed by atoms with Gasteiger partial charge in [-0.25, -0.2) is 0 Å². The van der Waals surface area contributed by atoms with Gasteiger partial charge >= 0.3 is 0 Å². The lowest BCUT2D eigenvalue weighted by Gasteiger charge is -2.45. The number of rotatable bonds is 4. The average Bonchev–Trinajstić information content (AvgIpc) is 2.77. The summed E-state index contributed by atoms with van der Waals surface area (Å²) in [7, 11) is 0. The zero-order chi connectivity index (χ0) is 14.4. The van der Waals surface area contributed by atoms with Crippen molar-refractivity contribution in [3.8, 4) is 0 Å². The van der Waals surface area contributed by atoms with Crippen LogP contribution in [0.25, 0.3) is 0 Å². The lowest BCUT2D eigenvalue weighted by molar-refractivity contribution is 0.00418. The average molecular weight is 256 g/mol. The molecule has 0 spiro atoms. The van der Waals surface area contributed by atoms with Crippen LogP contribution in [0.5, 0.6) is 0 Å². The zero-order valence-electron chi connectivity index (χ0n) is 13.8. The van der Waals surface area contributed by atoms with Gasteiger partial charge in [0.1, 0.15) is 6.10 Å². The van der Waals surface area contributed by atoms with Crippen molar-refractivity contribution in [2.24, 2.45) is 16.2 Å². The molecule has 18 heavy (non-hydrogen) atoms. The second-order valence-corrected chi connectivity index (χ2v) is 8.51. The molecule has 0 bridgehead atoms. The smallest absolute Gasteiger partial charge is 0.185 e. The van der Waals surface area contributed by atoms with Crippen molar-refractivity contribution in [2.45, 2.75) is 87.2 Å². The first-order valence-corrected chi connectivity index (χ1v) is 7.18. The van der Waals surface area contributed by atoms with E-state index in [2.05, 4.69) is 62.3 Å². The van der Waals surface area contributed by atoms with Crippen molar-refractivity contribution >= 4 is 0 Å². The first-order valence-electron chi connectivity index (χ1n) is 7.18. The molecule has 1 aliphatic heterocycles. The standard InChI is InChI=1S/C16H32O2/c1-11(2)17-13-12(18-13)16(9,15(6,7)8)10-14(3,4)5/h11-13H,10H2,1-9H3. The number of ether oxygens (including phenoxy) is 2. The van der Waals surface area contributed by atoms with Gasteiger partial charge in [-0.3, -0.25) is 0 Å². The first-order chi connectivity index (χ1) is 7.87. The molecule has 1 rings (SSSR count). The quantitative estimate of drug-likeness (QED) is 0.684. The highest BCUT2D eigenvalue weighted by Gasteiger charge is 2.58. The van der Waals surface area contributed by atoms with Crippen LogP contribution in [-0.2, 0) is 9.47 Å². The molecule has 0 saturated carbocycles. The Bertz CT molecular complexity index is 282. The Morgan fingerprint density at radius 3 is 1.83 bits per heavy atom. The molecule has 2 nitrogen and oxygen atoms in total. The molecule has 0 amide bonds. The Hall–Kier alpha value is -0.0800. The Labute approximate surface area is 113 Å². The second-order valence-electron chi connectivity index (χ2n) is 8.51. The predicted octanol–water partition coefficient (Wildman–Crippen LogP) is 4.62. The van der Waals surface area contributed by atoms with Crippen molar-refractivity contribution in [3.05, 3.63) is 0 Å². The van der Waals surface area contributed by atoms with Gasteiger partial charge in [-0.1, -0.05) is 48.5 Å². The summed E-state index contributed by atoms with van der Waals surface area (Å²) in [4.78, 5) is 0. The van der Waals surface area contributed by atoms with Gasteiger partial charge in [0.25, 0.3) is 0 Å². The molecular formula is C16H32O2. The summed E-state index contributed by atoms with van der Waals surface area (Å²) >= 11 is 0. The van der Waals surface area contributed by atoms with Crippen LogP contribution in [0.1, 0.15) is 68.7 Å². The number of hydrogen-bond acceptors (Lipinski definition) is 2. The summed E-state index contributed by atoms with van der Waals surface area (Å²) in [6.07, 6.45) is 1.61. The van der Waals surface area contributed by atoms with E-state index < -0.39 is 0 Å². The summed E-state index contributed by atoms with van der Waals surface area (Å²) in [5, 5.41) is 0. The van der Waals surface area contributed by atoms with Crippen molar-refractivity contribution in [1.29, 1.82) is 0 Å². The van der Waals surface area contributed by atoms with Gasteiger partial charge in [0.2, 0.25) is 0 Å². The van der Waals surface area contributed by atoms with Crippen molar-refractivity contribution in [3.63, 3.8) is 0 Å². The predicted molar refractivity (Wildman–Crippen MR) is 76.5 cm³/mol. The van der Waals surface area contributed by atoms with Gasteiger partial charge in [0, 0.05) is 5.41 Å². The molecule has 0 N–H and O–H groups in total. The van der Waals surface area contributed by atoms with E-state index in [1.807, 2.05) is 0 Å². The maximum Gasteiger partial charge on any atom is 0.185 e. The molecule has 1 saturated heterocycles. The minimum absolute atomic E-state index is 0.00317. The molecule has 1 fully saturated rings. The van der Waals surface area contributed by atoms with E-state index in [0.29, 0.717) is 5.41 Å². The fraction of sp³-hybridized carbons (Fsp3) is 1.00. The summed E-state index contributed by atoms with van der Waals surface area (Å²) in [5.41, 5.74) is 0.654. The Morgan fingerprint density at radius 2 is 1.50 bits per heavy atom. The maximum absolute atomic E-state index is 5.84. The molecule has 1 aliphatic rings. The highest BCUT2D eigenvalue weighted by Crippen LogP contribution is 2.55. The molecule has 108 valence electrons. The molecule has 0 radical (unpaired) electrons. The molecule has 3 atom stereocenters. The first kappa shape index (κ1) is 16.0. The third kappa shape index (κ3) is 3.71. The minimum atomic E-state index is -0.00317. The molecule has 0 aromatic rings. The number of epoxide rings is 1. The van der Waals surface area contributed by atoms with E-state index in [4.69, 9.17) is 9.47 Å². The van der Waals surface area contributed by atoms with Crippen LogP contribution in [0.4, 0.5) is 0 Å². The van der Waals surface area contributed by atoms with Gasteiger partial charge in [-0.2, -0.15) is 0 Å². The van der Waals surface area contributed by atoms with Crippen molar-refractivity contribution < 1.29 is 9.47 Å². The Morgan fingerprint density at radius 1 is 1.00 bits per heavy atom. The molecule has 3 unspecified atom stereocenters. The van der Waals surface area contributed by atoms with Crippen LogP contribution >= 0.6 is 0 Å². The van der Waals surface area contributed by atoms with E-state index >= 15 is 0 Å². The molecular weight excluding hydrogens is 224 g/mol. The van der Waals surface area contributed by atoms with Crippen LogP contribution in [0.15, 0.2) is 0 Å². The van der Waals surface area contributed by atoms with Crippen molar-refractivity contribution in [2.75, 3.05) is 0 Å². The third-order valence-corrected chi connectivity index (χ3v) is 4.10. The summed E-state index contributed by atoms with van der Waals surface area (Å²) < 4.78 is 11.7. The SMILES string of the molecule is CC(C)OC1OC1C(C)(CC(C)(C)C)C(C)(C)C. The van der Waals surface area contributed by atoms with Crippen LogP contribution in [0, 0.1) is 16.2 Å². The largest absolute Gasteiger partial charge is 0.347 e. The van der Waals surface area contributed by atoms with Gasteiger partial charge in [0.05, 0.1) is 6.10 Å². The van der Waals surface area contributed by atoms with Crippen LogP contribution in [-0.4, -0.2) is 18.5 Å². The number of hydrogen-bond donors (Lipinski definition) is 0. The Balaban J connectivity index is 2.82. The fourth-order valence-corrected chi connectivity index (χ4v) is 2.82. The van der Waals surface area contributed by atoms with E-state index in [9.17, 15) is 0 Å². The van der Waals surface area contributed by atoms with Crippen LogP contribution in [0.2, 0.25) is 0 Å². The van der Waals surface area contributed by atoms with Gasteiger partial charge in [0.15, 0.2) is 6.29 Å². The second kappa shape index (κ2) is 4.79. The third-order valence-electron chi connectivity index (χ3n) is 4.10. The van der Waals surface area contributed by atoms with Gasteiger partial charge in [-0.15, -0.1) is 0 Å². The van der Waals surface area contributed by atoms with Crippen molar-refractivity contribution in [1.82, 2.24) is 0 Å². The topological polar surface area (TPSA) is 21.8 Å². The molecule has 2 heteroatoms. The van der Waals surface area contributed by atoms with Gasteiger partial charge < -0.3 is 9.47 Å². The highest BCUT2D eigenvalue weighted by atomic mass is 16.8. The zero-order valence-corrected chi connectivity index (χ0v) is 13.8. The lowest BCUT2D eigenvalue weighted by atomic mass is 9.59. The summed E-state index contributed by atoms with van der Waals surface area (Å²) in [6.45, 7) is 20.3. The Kier molecular flexibility index (Phi) is 4.25. The lowest BCUT2D eigenvalue weighted by Crippen LogP contribution is -2.42. The summed E-state index contributed by atoms with van der Waals surface area (Å²) in [5.74, 6) is 0. The molecule has 0 aliphatic carbocycles. The van der Waals surface area contributed by atoms with E-state index in [1.165, 1.54) is 0 Å². The maximum atomic E-state index is 5.84. The van der Waals surface area contributed by atoms with E-state index in [0.717, 1.165) is 6.42 Å². The normalized spacial score (nSPS) is 28.3. The molecule has 1 heterocycles. The fourth-order valence-electron chi connectivity index (χ4n) is 2.82. The monoisotopic (exact) mass is 256 g/mol. The van der Waals surface area contributed by atoms with E-state index in [1.54, 1.807) is 0 Å². The summed E-state index contributed by atoms with van der Waals surface area (Å²) in [6, 6.07) is 0. The molecule has 0 aromatic carbocycles. The minimum Gasteiger partial charge on any atom is -0.347 e. The molecule has 0 aromatic heterocycles.